The van der Waals surface area contributed by atoms with Crippen LogP contribution in [0.15, 0.2) is 42.9 Å². The number of nitrogens with one attached hydrogen (secondary N) is 2. The lowest BCUT2D eigenvalue weighted by Crippen LogP contribution is -2.33. The lowest BCUT2D eigenvalue weighted by molar-refractivity contribution is -0.121. The maximum atomic E-state index is 12.2. The minimum atomic E-state index is 0.113. The van der Waals surface area contributed by atoms with Crippen molar-refractivity contribution in [2.75, 3.05) is 11.9 Å². The third-order valence-electron chi connectivity index (χ3n) is 5.20. The SMILES string of the molecule is Cc1ccccc1-c1nc2cnccn2c1NCCC(=O)NC1CCCC1. The van der Waals surface area contributed by atoms with E-state index in [1.165, 1.54) is 12.8 Å². The summed E-state index contributed by atoms with van der Waals surface area (Å²) in [6, 6.07) is 8.56. The van der Waals surface area contributed by atoms with Crippen molar-refractivity contribution in [2.24, 2.45) is 0 Å². The highest BCUT2D eigenvalue weighted by Crippen LogP contribution is 2.30. The average Bonchev–Trinajstić information content (AvgIpc) is 3.30. The van der Waals surface area contributed by atoms with Gasteiger partial charge in [-0.05, 0) is 25.3 Å². The van der Waals surface area contributed by atoms with Gasteiger partial charge in [0.15, 0.2) is 5.65 Å². The second-order valence-electron chi connectivity index (χ2n) is 7.15. The molecule has 3 aromatic rings. The molecule has 0 spiro atoms. The molecule has 1 aliphatic carbocycles. The van der Waals surface area contributed by atoms with Gasteiger partial charge in [-0.25, -0.2) is 4.98 Å². The van der Waals surface area contributed by atoms with Crippen molar-refractivity contribution < 1.29 is 4.79 Å². The number of aryl methyl sites for hydroxylation is 1. The van der Waals surface area contributed by atoms with Gasteiger partial charge in [0.2, 0.25) is 5.91 Å². The highest BCUT2D eigenvalue weighted by molar-refractivity contribution is 5.79. The van der Waals surface area contributed by atoms with Gasteiger partial charge in [0.05, 0.1) is 6.20 Å². The number of anilines is 1. The number of rotatable bonds is 6. The molecule has 0 aliphatic heterocycles. The van der Waals surface area contributed by atoms with E-state index in [0.29, 0.717) is 19.0 Å². The summed E-state index contributed by atoms with van der Waals surface area (Å²) < 4.78 is 1.99. The Labute approximate surface area is 159 Å². The van der Waals surface area contributed by atoms with Crippen molar-refractivity contribution in [3.8, 4) is 11.3 Å². The molecule has 1 saturated carbocycles. The summed E-state index contributed by atoms with van der Waals surface area (Å²) in [5.41, 5.74) is 3.92. The molecular formula is C21H25N5O. The summed E-state index contributed by atoms with van der Waals surface area (Å²) in [6.45, 7) is 2.64. The van der Waals surface area contributed by atoms with Crippen molar-refractivity contribution >= 4 is 17.4 Å². The fraction of sp³-hybridized carbons (Fsp3) is 0.381. The molecule has 27 heavy (non-hydrogen) atoms. The van der Waals surface area contributed by atoms with Crippen LogP contribution in [-0.2, 0) is 4.79 Å². The van der Waals surface area contributed by atoms with Crippen LogP contribution >= 0.6 is 0 Å². The molecule has 0 unspecified atom stereocenters. The standard InChI is InChI=1S/C21H25N5O/c1-15-6-2-5-9-17(15)20-21(26-13-12-22-14-18(26)25-20)23-11-10-19(27)24-16-7-3-4-8-16/h2,5-6,9,12-14,16,23H,3-4,7-8,10-11H2,1H3,(H,24,27). The van der Waals surface area contributed by atoms with Crippen molar-refractivity contribution in [3.63, 3.8) is 0 Å². The van der Waals surface area contributed by atoms with E-state index in [0.717, 1.165) is 41.1 Å². The van der Waals surface area contributed by atoms with Crippen molar-refractivity contribution in [1.29, 1.82) is 0 Å². The molecule has 2 heterocycles. The smallest absolute Gasteiger partial charge is 0.221 e. The Morgan fingerprint density at radius 2 is 2.07 bits per heavy atom. The third-order valence-corrected chi connectivity index (χ3v) is 5.20. The van der Waals surface area contributed by atoms with Crippen LogP contribution in [0.4, 0.5) is 5.82 Å². The lowest BCUT2D eigenvalue weighted by atomic mass is 10.1. The summed E-state index contributed by atoms with van der Waals surface area (Å²) in [6.07, 6.45) is 10.5. The number of imidazole rings is 1. The Bertz CT molecular complexity index is 943. The molecule has 0 atom stereocenters. The summed E-state index contributed by atoms with van der Waals surface area (Å²) in [5.74, 6) is 1.01. The van der Waals surface area contributed by atoms with Crippen LogP contribution in [0.2, 0.25) is 0 Å². The molecular weight excluding hydrogens is 338 g/mol. The van der Waals surface area contributed by atoms with Gasteiger partial charge in [-0.3, -0.25) is 14.2 Å². The monoisotopic (exact) mass is 363 g/mol. The Kier molecular flexibility index (Phi) is 5.05. The van der Waals surface area contributed by atoms with Crippen LogP contribution in [0.1, 0.15) is 37.7 Å². The van der Waals surface area contributed by atoms with Crippen molar-refractivity contribution in [3.05, 3.63) is 48.4 Å². The summed E-state index contributed by atoms with van der Waals surface area (Å²) in [4.78, 5) is 21.2. The predicted octanol–water partition coefficient (Wildman–Crippen LogP) is 3.57. The van der Waals surface area contributed by atoms with Gasteiger partial charge in [0, 0.05) is 37.0 Å². The Morgan fingerprint density at radius 3 is 2.89 bits per heavy atom. The number of aromatic nitrogens is 3. The number of benzene rings is 1. The molecule has 6 nitrogen and oxygen atoms in total. The molecule has 1 aromatic carbocycles. The molecule has 140 valence electrons. The van der Waals surface area contributed by atoms with Crippen LogP contribution in [0.5, 0.6) is 0 Å². The molecule has 0 saturated heterocycles. The maximum absolute atomic E-state index is 12.2. The van der Waals surface area contributed by atoms with Crippen LogP contribution in [0.25, 0.3) is 16.9 Å². The molecule has 2 N–H and O–H groups in total. The topological polar surface area (TPSA) is 71.3 Å². The lowest BCUT2D eigenvalue weighted by Gasteiger charge is -2.13. The number of carbonyl (C=O) groups excluding carboxylic acids is 1. The van der Waals surface area contributed by atoms with E-state index in [-0.39, 0.29) is 5.91 Å². The van der Waals surface area contributed by atoms with E-state index >= 15 is 0 Å². The first-order valence-electron chi connectivity index (χ1n) is 9.63. The van der Waals surface area contributed by atoms with Crippen molar-refractivity contribution in [2.45, 2.75) is 45.1 Å². The molecule has 6 heteroatoms. The predicted molar refractivity (Wildman–Crippen MR) is 107 cm³/mol. The van der Waals surface area contributed by atoms with E-state index in [9.17, 15) is 4.79 Å². The van der Waals surface area contributed by atoms with Crippen LogP contribution in [-0.4, -0.2) is 32.9 Å². The highest BCUT2D eigenvalue weighted by atomic mass is 16.1. The first-order valence-corrected chi connectivity index (χ1v) is 9.63. The first kappa shape index (κ1) is 17.5. The zero-order valence-electron chi connectivity index (χ0n) is 15.6. The third kappa shape index (κ3) is 3.79. The molecule has 0 radical (unpaired) electrons. The summed E-state index contributed by atoms with van der Waals surface area (Å²) in [7, 11) is 0. The largest absolute Gasteiger partial charge is 0.369 e. The minimum Gasteiger partial charge on any atom is -0.369 e. The Balaban J connectivity index is 1.52. The van der Waals surface area contributed by atoms with Crippen molar-refractivity contribution in [1.82, 2.24) is 19.7 Å². The molecule has 1 fully saturated rings. The number of hydrogen-bond acceptors (Lipinski definition) is 4. The zero-order chi connectivity index (χ0) is 18.6. The number of hydrogen-bond donors (Lipinski definition) is 2. The van der Waals surface area contributed by atoms with E-state index in [2.05, 4.69) is 34.7 Å². The van der Waals surface area contributed by atoms with Gasteiger partial charge >= 0.3 is 0 Å². The molecule has 1 aliphatic rings. The van der Waals surface area contributed by atoms with E-state index in [1.54, 1.807) is 12.4 Å². The Hall–Kier alpha value is -2.89. The first-order chi connectivity index (χ1) is 13.2. The second kappa shape index (κ2) is 7.78. The number of amides is 1. The van der Waals surface area contributed by atoms with Gasteiger partial charge < -0.3 is 10.6 Å². The van der Waals surface area contributed by atoms with Crippen LogP contribution in [0.3, 0.4) is 0 Å². The molecule has 4 rings (SSSR count). The highest BCUT2D eigenvalue weighted by Gasteiger charge is 2.18. The maximum Gasteiger partial charge on any atom is 0.221 e. The molecule has 2 aromatic heterocycles. The van der Waals surface area contributed by atoms with Crippen LogP contribution in [0, 0.1) is 6.92 Å². The van der Waals surface area contributed by atoms with E-state index in [4.69, 9.17) is 4.98 Å². The van der Waals surface area contributed by atoms with Gasteiger partial charge in [0.1, 0.15) is 11.5 Å². The summed E-state index contributed by atoms with van der Waals surface area (Å²) in [5, 5.41) is 6.57. The quantitative estimate of drug-likeness (QED) is 0.702. The van der Waals surface area contributed by atoms with E-state index < -0.39 is 0 Å². The van der Waals surface area contributed by atoms with E-state index in [1.807, 2.05) is 22.7 Å². The molecule has 1 amide bonds. The number of fused-ring (bicyclic) bond motifs is 1. The summed E-state index contributed by atoms with van der Waals surface area (Å²) >= 11 is 0. The Morgan fingerprint density at radius 1 is 1.26 bits per heavy atom. The fourth-order valence-corrected chi connectivity index (χ4v) is 3.77. The number of carbonyl (C=O) groups is 1. The van der Waals surface area contributed by atoms with Gasteiger partial charge in [0.25, 0.3) is 0 Å². The fourth-order valence-electron chi connectivity index (χ4n) is 3.77. The molecule has 0 bridgehead atoms. The van der Waals surface area contributed by atoms with Gasteiger partial charge in [-0.2, -0.15) is 0 Å². The van der Waals surface area contributed by atoms with Crippen LogP contribution < -0.4 is 10.6 Å². The average molecular weight is 363 g/mol. The van der Waals surface area contributed by atoms with Gasteiger partial charge in [-0.15, -0.1) is 0 Å². The normalized spacial score (nSPS) is 14.6. The number of nitrogens with zero attached hydrogens (tertiary/aromatic N) is 3. The second-order valence-corrected chi connectivity index (χ2v) is 7.15. The minimum absolute atomic E-state index is 0.113. The zero-order valence-corrected chi connectivity index (χ0v) is 15.6. The van der Waals surface area contributed by atoms with Gasteiger partial charge in [-0.1, -0.05) is 37.1 Å².